The van der Waals surface area contributed by atoms with E-state index in [-0.39, 0.29) is 11.9 Å². The Bertz CT molecular complexity index is 621. The molecule has 1 fully saturated rings. The average molecular weight is 320 g/mol. The first-order valence-electron chi connectivity index (χ1n) is 7.41. The number of benzene rings is 1. The molecule has 22 heavy (non-hydrogen) atoms. The van der Waals surface area contributed by atoms with E-state index in [9.17, 15) is 4.79 Å². The lowest BCUT2D eigenvalue weighted by Gasteiger charge is -2.34. The van der Waals surface area contributed by atoms with Gasteiger partial charge in [0.05, 0.1) is 12.8 Å². The summed E-state index contributed by atoms with van der Waals surface area (Å²) >= 11 is 6.01. The van der Waals surface area contributed by atoms with Gasteiger partial charge in [-0.3, -0.25) is 4.79 Å². The van der Waals surface area contributed by atoms with Crippen LogP contribution in [0.5, 0.6) is 0 Å². The van der Waals surface area contributed by atoms with Crippen LogP contribution < -0.4 is 0 Å². The maximum Gasteiger partial charge on any atom is 0.254 e. The minimum atomic E-state index is -0.0224. The molecule has 4 nitrogen and oxygen atoms in total. The minimum absolute atomic E-state index is 0.0224. The first kappa shape index (κ1) is 15.1. The van der Waals surface area contributed by atoms with Crippen molar-refractivity contribution in [1.29, 1.82) is 0 Å². The van der Waals surface area contributed by atoms with Crippen molar-refractivity contribution in [1.82, 2.24) is 4.90 Å². The molecule has 1 amide bonds. The van der Waals surface area contributed by atoms with Crippen molar-refractivity contribution in [2.75, 3.05) is 13.2 Å². The van der Waals surface area contributed by atoms with Crippen molar-refractivity contribution in [2.24, 2.45) is 0 Å². The molecule has 0 bridgehead atoms. The normalized spacial score (nSPS) is 15.7. The fourth-order valence-corrected chi connectivity index (χ4v) is 2.91. The summed E-state index contributed by atoms with van der Waals surface area (Å²) in [5, 5.41) is 0.566. The highest BCUT2D eigenvalue weighted by Crippen LogP contribution is 2.22. The Morgan fingerprint density at radius 2 is 2.05 bits per heavy atom. The van der Waals surface area contributed by atoms with Gasteiger partial charge in [-0.25, -0.2) is 0 Å². The Morgan fingerprint density at radius 1 is 1.23 bits per heavy atom. The Kier molecular flexibility index (Phi) is 4.80. The number of rotatable bonds is 4. The van der Waals surface area contributed by atoms with Gasteiger partial charge in [0.1, 0.15) is 5.76 Å². The highest BCUT2D eigenvalue weighted by molar-refractivity contribution is 6.30. The number of nitrogens with zero attached hydrogens (tertiary/aromatic N) is 1. The molecule has 0 radical (unpaired) electrons. The zero-order chi connectivity index (χ0) is 15.4. The van der Waals surface area contributed by atoms with Crippen LogP contribution in [0.4, 0.5) is 0 Å². The topological polar surface area (TPSA) is 42.7 Å². The van der Waals surface area contributed by atoms with Crippen molar-refractivity contribution in [2.45, 2.75) is 25.4 Å². The molecule has 0 unspecified atom stereocenters. The molecule has 0 atom stereocenters. The number of ether oxygens (including phenoxy) is 1. The van der Waals surface area contributed by atoms with Gasteiger partial charge in [0, 0.05) is 29.8 Å². The minimum Gasteiger partial charge on any atom is -0.467 e. The zero-order valence-corrected chi connectivity index (χ0v) is 13.0. The average Bonchev–Trinajstić information content (AvgIpc) is 3.06. The van der Waals surface area contributed by atoms with Crippen LogP contribution >= 0.6 is 11.6 Å². The summed E-state index contributed by atoms with van der Waals surface area (Å²) in [7, 11) is 0. The number of carbonyl (C=O) groups is 1. The van der Waals surface area contributed by atoms with Gasteiger partial charge < -0.3 is 14.1 Å². The molecule has 1 aliphatic rings. The number of hydrogen-bond donors (Lipinski definition) is 0. The summed E-state index contributed by atoms with van der Waals surface area (Å²) in [6.07, 6.45) is 3.31. The van der Waals surface area contributed by atoms with Gasteiger partial charge in [-0.15, -0.1) is 0 Å². The number of hydrogen-bond acceptors (Lipinski definition) is 3. The van der Waals surface area contributed by atoms with Crippen LogP contribution in [0.15, 0.2) is 47.1 Å². The smallest absolute Gasteiger partial charge is 0.254 e. The molecule has 1 aromatic heterocycles. The monoisotopic (exact) mass is 319 g/mol. The molecule has 3 rings (SSSR count). The van der Waals surface area contributed by atoms with Gasteiger partial charge in [0.15, 0.2) is 0 Å². The molecule has 1 aromatic carbocycles. The molecule has 0 N–H and O–H groups in total. The molecular formula is C17H18ClNO3. The van der Waals surface area contributed by atoms with Crippen LogP contribution in [-0.4, -0.2) is 30.1 Å². The molecule has 5 heteroatoms. The summed E-state index contributed by atoms with van der Waals surface area (Å²) < 4.78 is 10.8. The molecule has 2 aromatic rings. The lowest BCUT2D eigenvalue weighted by Crippen LogP contribution is -2.42. The quantitative estimate of drug-likeness (QED) is 0.862. The predicted octanol–water partition coefficient (Wildman–Crippen LogP) is 3.75. The van der Waals surface area contributed by atoms with Gasteiger partial charge in [-0.2, -0.15) is 0 Å². The van der Waals surface area contributed by atoms with E-state index in [0.717, 1.165) is 18.6 Å². The molecule has 0 saturated carbocycles. The number of carbonyl (C=O) groups excluding carboxylic acids is 1. The SMILES string of the molecule is O=C(c1cccc(Cl)c1)N(Cc1ccco1)C1CCOCC1. The summed E-state index contributed by atoms with van der Waals surface area (Å²) in [6, 6.07) is 10.9. The standard InChI is InChI=1S/C17H18ClNO3/c18-14-4-1-3-13(11-14)17(20)19(12-16-5-2-8-22-16)15-6-9-21-10-7-15/h1-5,8,11,15H,6-7,9-10,12H2. The maximum atomic E-state index is 12.9. The summed E-state index contributed by atoms with van der Waals surface area (Å²) in [4.78, 5) is 14.8. The van der Waals surface area contributed by atoms with Gasteiger partial charge in [0.25, 0.3) is 5.91 Å². The molecule has 116 valence electrons. The molecular weight excluding hydrogens is 302 g/mol. The highest BCUT2D eigenvalue weighted by Gasteiger charge is 2.27. The highest BCUT2D eigenvalue weighted by atomic mass is 35.5. The van der Waals surface area contributed by atoms with Crippen LogP contribution in [0.1, 0.15) is 29.0 Å². The second-order valence-corrected chi connectivity index (χ2v) is 5.80. The Labute approximate surface area is 134 Å². The van der Waals surface area contributed by atoms with E-state index in [1.165, 1.54) is 0 Å². The second-order valence-electron chi connectivity index (χ2n) is 5.37. The van der Waals surface area contributed by atoms with Crippen LogP contribution in [0.25, 0.3) is 0 Å². The number of amides is 1. The first-order chi connectivity index (χ1) is 10.7. The fraction of sp³-hybridized carbons (Fsp3) is 0.353. The first-order valence-corrected chi connectivity index (χ1v) is 7.78. The predicted molar refractivity (Wildman–Crippen MR) is 83.9 cm³/mol. The zero-order valence-electron chi connectivity index (χ0n) is 12.2. The Morgan fingerprint density at radius 3 is 2.73 bits per heavy atom. The van der Waals surface area contributed by atoms with Gasteiger partial charge in [-0.1, -0.05) is 17.7 Å². The molecule has 2 heterocycles. The van der Waals surface area contributed by atoms with Gasteiger partial charge >= 0.3 is 0 Å². The summed E-state index contributed by atoms with van der Waals surface area (Å²) in [5.74, 6) is 0.757. The lowest BCUT2D eigenvalue weighted by atomic mass is 10.0. The van der Waals surface area contributed by atoms with E-state index < -0.39 is 0 Å². The van der Waals surface area contributed by atoms with Crippen molar-refractivity contribution < 1.29 is 13.9 Å². The Balaban J connectivity index is 1.84. The van der Waals surface area contributed by atoms with Crippen LogP contribution in [-0.2, 0) is 11.3 Å². The maximum absolute atomic E-state index is 12.9. The molecule has 1 saturated heterocycles. The van der Waals surface area contributed by atoms with Crippen molar-refractivity contribution in [3.05, 3.63) is 59.0 Å². The van der Waals surface area contributed by atoms with Crippen molar-refractivity contribution >= 4 is 17.5 Å². The van der Waals surface area contributed by atoms with E-state index in [1.807, 2.05) is 17.0 Å². The van der Waals surface area contributed by atoms with Crippen LogP contribution in [0, 0.1) is 0 Å². The Hall–Kier alpha value is -1.78. The van der Waals surface area contributed by atoms with E-state index in [4.69, 9.17) is 20.8 Å². The fourth-order valence-electron chi connectivity index (χ4n) is 2.72. The van der Waals surface area contributed by atoms with Crippen molar-refractivity contribution in [3.63, 3.8) is 0 Å². The van der Waals surface area contributed by atoms with E-state index in [2.05, 4.69) is 0 Å². The summed E-state index contributed by atoms with van der Waals surface area (Å²) in [6.45, 7) is 1.83. The van der Waals surface area contributed by atoms with Crippen molar-refractivity contribution in [3.8, 4) is 0 Å². The number of furan rings is 1. The third-order valence-electron chi connectivity index (χ3n) is 3.87. The van der Waals surface area contributed by atoms with E-state index in [1.54, 1.807) is 30.5 Å². The third-order valence-corrected chi connectivity index (χ3v) is 4.11. The lowest BCUT2D eigenvalue weighted by molar-refractivity contribution is 0.0250. The van der Waals surface area contributed by atoms with E-state index in [0.29, 0.717) is 30.3 Å². The van der Waals surface area contributed by atoms with Crippen LogP contribution in [0.2, 0.25) is 5.02 Å². The summed E-state index contributed by atoms with van der Waals surface area (Å²) in [5.41, 5.74) is 0.602. The molecule has 0 spiro atoms. The largest absolute Gasteiger partial charge is 0.467 e. The van der Waals surface area contributed by atoms with Gasteiger partial charge in [-0.05, 0) is 43.2 Å². The van der Waals surface area contributed by atoms with Crippen LogP contribution in [0.3, 0.4) is 0 Å². The van der Waals surface area contributed by atoms with E-state index >= 15 is 0 Å². The third kappa shape index (κ3) is 3.51. The second kappa shape index (κ2) is 6.99. The van der Waals surface area contributed by atoms with Gasteiger partial charge in [0.2, 0.25) is 0 Å². The molecule has 0 aliphatic carbocycles. The molecule has 1 aliphatic heterocycles. The number of halogens is 1.